The quantitative estimate of drug-likeness (QED) is 0.404. The molecular formula is C25H22N6O2. The molecule has 5 rings (SSSR count). The SMILES string of the molecule is COc1ccc([C@H](CNC(=O)c2cccc(-n3cnnn3)c2)c2c[nH]c3ccccc23)cc1. The Morgan fingerprint density at radius 2 is 1.94 bits per heavy atom. The van der Waals surface area contributed by atoms with Crippen molar-refractivity contribution in [3.05, 3.63) is 102 Å². The molecule has 2 heterocycles. The molecule has 0 aliphatic rings. The topological polar surface area (TPSA) is 97.7 Å². The van der Waals surface area contributed by atoms with Gasteiger partial charge >= 0.3 is 0 Å². The summed E-state index contributed by atoms with van der Waals surface area (Å²) in [6.45, 7) is 0.433. The first-order valence-corrected chi connectivity index (χ1v) is 10.5. The van der Waals surface area contributed by atoms with Crippen molar-refractivity contribution in [1.29, 1.82) is 0 Å². The number of rotatable bonds is 7. The number of hydrogen-bond donors (Lipinski definition) is 2. The minimum atomic E-state index is -0.164. The number of methoxy groups -OCH3 is 1. The number of amides is 1. The van der Waals surface area contributed by atoms with Crippen LogP contribution in [0.2, 0.25) is 0 Å². The summed E-state index contributed by atoms with van der Waals surface area (Å²) in [4.78, 5) is 16.4. The molecule has 2 aromatic heterocycles. The molecule has 1 atom stereocenters. The van der Waals surface area contributed by atoms with Crippen LogP contribution in [-0.2, 0) is 0 Å². The molecule has 0 saturated heterocycles. The zero-order valence-corrected chi connectivity index (χ0v) is 18.0. The highest BCUT2D eigenvalue weighted by Crippen LogP contribution is 2.31. The molecule has 0 unspecified atom stereocenters. The molecule has 3 aromatic carbocycles. The van der Waals surface area contributed by atoms with Crippen molar-refractivity contribution in [2.24, 2.45) is 0 Å². The molecule has 8 nitrogen and oxygen atoms in total. The van der Waals surface area contributed by atoms with Crippen molar-refractivity contribution in [1.82, 2.24) is 30.5 Å². The molecule has 164 valence electrons. The molecule has 5 aromatic rings. The van der Waals surface area contributed by atoms with Crippen molar-refractivity contribution in [2.75, 3.05) is 13.7 Å². The first-order valence-electron chi connectivity index (χ1n) is 10.5. The van der Waals surface area contributed by atoms with Gasteiger partial charge in [-0.3, -0.25) is 4.79 Å². The number of carbonyl (C=O) groups excluding carboxylic acids is 1. The summed E-state index contributed by atoms with van der Waals surface area (Å²) in [5.41, 5.74) is 4.53. The van der Waals surface area contributed by atoms with E-state index in [1.807, 2.05) is 60.8 Å². The van der Waals surface area contributed by atoms with E-state index in [0.717, 1.165) is 33.5 Å². The maximum atomic E-state index is 13.0. The number of H-pyrrole nitrogens is 1. The summed E-state index contributed by atoms with van der Waals surface area (Å²) in [6.07, 6.45) is 3.51. The third kappa shape index (κ3) is 4.18. The number of tetrazole rings is 1. The second kappa shape index (κ2) is 8.96. The van der Waals surface area contributed by atoms with E-state index >= 15 is 0 Å². The lowest BCUT2D eigenvalue weighted by Gasteiger charge is -2.19. The highest BCUT2D eigenvalue weighted by molar-refractivity contribution is 5.95. The Morgan fingerprint density at radius 1 is 1.09 bits per heavy atom. The Hall–Kier alpha value is -4.46. The van der Waals surface area contributed by atoms with Gasteiger partial charge < -0.3 is 15.0 Å². The number of hydrogen-bond acceptors (Lipinski definition) is 5. The smallest absolute Gasteiger partial charge is 0.251 e. The monoisotopic (exact) mass is 438 g/mol. The van der Waals surface area contributed by atoms with Gasteiger partial charge in [0, 0.05) is 35.1 Å². The van der Waals surface area contributed by atoms with Gasteiger partial charge in [0.25, 0.3) is 5.91 Å². The fourth-order valence-electron chi connectivity index (χ4n) is 3.99. The van der Waals surface area contributed by atoms with Crippen molar-refractivity contribution in [3.63, 3.8) is 0 Å². The summed E-state index contributed by atoms with van der Waals surface area (Å²) >= 11 is 0. The number of aromatic amines is 1. The molecule has 0 bridgehead atoms. The summed E-state index contributed by atoms with van der Waals surface area (Å²) in [5, 5.41) is 15.4. The lowest BCUT2D eigenvalue weighted by atomic mass is 9.90. The largest absolute Gasteiger partial charge is 0.497 e. The van der Waals surface area contributed by atoms with Crippen LogP contribution in [0, 0.1) is 0 Å². The Balaban J connectivity index is 1.43. The Bertz CT molecular complexity index is 1380. The van der Waals surface area contributed by atoms with E-state index in [0.29, 0.717) is 12.1 Å². The molecule has 0 aliphatic carbocycles. The van der Waals surface area contributed by atoms with Crippen LogP contribution in [0.4, 0.5) is 0 Å². The van der Waals surface area contributed by atoms with E-state index in [1.54, 1.807) is 19.2 Å². The number of ether oxygens (including phenoxy) is 1. The first-order chi connectivity index (χ1) is 16.2. The summed E-state index contributed by atoms with van der Waals surface area (Å²) < 4.78 is 6.83. The zero-order valence-electron chi connectivity index (χ0n) is 18.0. The van der Waals surface area contributed by atoms with Crippen LogP contribution in [0.3, 0.4) is 0 Å². The van der Waals surface area contributed by atoms with Crippen LogP contribution in [-0.4, -0.2) is 44.8 Å². The molecule has 33 heavy (non-hydrogen) atoms. The number of fused-ring (bicyclic) bond motifs is 1. The van der Waals surface area contributed by atoms with Gasteiger partial charge in [-0.2, -0.15) is 0 Å². The fraction of sp³-hybridized carbons (Fsp3) is 0.120. The number of nitrogens with one attached hydrogen (secondary N) is 2. The second-order valence-electron chi connectivity index (χ2n) is 7.63. The molecular weight excluding hydrogens is 416 g/mol. The van der Waals surface area contributed by atoms with Gasteiger partial charge in [-0.25, -0.2) is 4.68 Å². The van der Waals surface area contributed by atoms with E-state index < -0.39 is 0 Å². The zero-order chi connectivity index (χ0) is 22.6. The third-order valence-corrected chi connectivity index (χ3v) is 5.70. The third-order valence-electron chi connectivity index (χ3n) is 5.70. The number of benzene rings is 3. The lowest BCUT2D eigenvalue weighted by molar-refractivity contribution is 0.0952. The van der Waals surface area contributed by atoms with E-state index in [-0.39, 0.29) is 11.8 Å². The summed E-state index contributed by atoms with van der Waals surface area (Å²) in [7, 11) is 1.65. The van der Waals surface area contributed by atoms with Crippen LogP contribution < -0.4 is 10.1 Å². The number of aromatic nitrogens is 5. The molecule has 0 aliphatic heterocycles. The maximum Gasteiger partial charge on any atom is 0.251 e. The van der Waals surface area contributed by atoms with Gasteiger partial charge in [0.1, 0.15) is 12.1 Å². The molecule has 1 amide bonds. The van der Waals surface area contributed by atoms with Gasteiger partial charge in [0.15, 0.2) is 0 Å². The second-order valence-corrected chi connectivity index (χ2v) is 7.63. The average Bonchev–Trinajstić information content (AvgIpc) is 3.55. The van der Waals surface area contributed by atoms with Crippen molar-refractivity contribution in [2.45, 2.75) is 5.92 Å². The predicted molar refractivity (Wildman–Crippen MR) is 125 cm³/mol. The standard InChI is InChI=1S/C25H22N6O2/c1-33-20-11-9-17(10-12-20)22(23-15-26-24-8-3-2-7-21(23)24)14-27-25(32)18-5-4-6-19(13-18)31-16-28-29-30-31/h2-13,15-16,22,26H,14H2,1H3,(H,27,32)/t22-/m0/s1. The minimum absolute atomic E-state index is 0.0429. The predicted octanol–water partition coefficient (Wildman–Crippen LogP) is 3.71. The normalized spacial score (nSPS) is 11.9. The molecule has 2 N–H and O–H groups in total. The van der Waals surface area contributed by atoms with E-state index in [1.165, 1.54) is 11.0 Å². The number of para-hydroxylation sites is 1. The summed E-state index contributed by atoms with van der Waals surface area (Å²) in [5.74, 6) is 0.585. The Morgan fingerprint density at radius 3 is 2.73 bits per heavy atom. The average molecular weight is 438 g/mol. The summed E-state index contributed by atoms with van der Waals surface area (Å²) in [6, 6.07) is 23.3. The van der Waals surface area contributed by atoms with Crippen LogP contribution in [0.5, 0.6) is 5.75 Å². The van der Waals surface area contributed by atoms with Crippen LogP contribution >= 0.6 is 0 Å². The van der Waals surface area contributed by atoms with Gasteiger partial charge in [0.05, 0.1) is 12.8 Å². The van der Waals surface area contributed by atoms with Crippen LogP contribution in [0.25, 0.3) is 16.6 Å². The lowest BCUT2D eigenvalue weighted by Crippen LogP contribution is -2.29. The van der Waals surface area contributed by atoms with E-state index in [2.05, 4.69) is 31.9 Å². The van der Waals surface area contributed by atoms with E-state index in [9.17, 15) is 4.79 Å². The van der Waals surface area contributed by atoms with Crippen molar-refractivity contribution < 1.29 is 9.53 Å². The minimum Gasteiger partial charge on any atom is -0.497 e. The number of carbonyl (C=O) groups is 1. The van der Waals surface area contributed by atoms with Crippen molar-refractivity contribution in [3.8, 4) is 11.4 Å². The fourth-order valence-corrected chi connectivity index (χ4v) is 3.99. The van der Waals surface area contributed by atoms with Gasteiger partial charge in [-0.15, -0.1) is 5.10 Å². The molecule has 0 radical (unpaired) electrons. The number of nitrogens with zero attached hydrogens (tertiary/aromatic N) is 4. The molecule has 0 spiro atoms. The first kappa shape index (κ1) is 20.4. The molecule has 0 saturated carbocycles. The highest BCUT2D eigenvalue weighted by Gasteiger charge is 2.20. The van der Waals surface area contributed by atoms with E-state index in [4.69, 9.17) is 4.74 Å². The Labute approximate surface area is 190 Å². The highest BCUT2D eigenvalue weighted by atomic mass is 16.5. The van der Waals surface area contributed by atoms with Crippen LogP contribution in [0.15, 0.2) is 85.3 Å². The van der Waals surface area contributed by atoms with Gasteiger partial charge in [-0.05, 0) is 58.0 Å². The molecule has 8 heteroatoms. The molecule has 0 fully saturated rings. The maximum absolute atomic E-state index is 13.0. The van der Waals surface area contributed by atoms with Gasteiger partial charge in [0.2, 0.25) is 0 Å². The van der Waals surface area contributed by atoms with Crippen LogP contribution in [0.1, 0.15) is 27.4 Å². The van der Waals surface area contributed by atoms with Gasteiger partial charge in [-0.1, -0.05) is 36.4 Å². The van der Waals surface area contributed by atoms with Crippen molar-refractivity contribution >= 4 is 16.8 Å². The Kier molecular flexibility index (Phi) is 5.55.